The Kier molecular flexibility index (Phi) is 2.70. The lowest BCUT2D eigenvalue weighted by atomic mass is 9.82. The van der Waals surface area contributed by atoms with Gasteiger partial charge in [0.25, 0.3) is 0 Å². The number of hydrogen-bond acceptors (Lipinski definition) is 4. The van der Waals surface area contributed by atoms with Gasteiger partial charge in [0, 0.05) is 24.4 Å². The fourth-order valence-electron chi connectivity index (χ4n) is 2.42. The Balaban J connectivity index is 1.89. The average molecular weight is 246 g/mol. The molecule has 0 saturated carbocycles. The number of rotatable bonds is 2. The summed E-state index contributed by atoms with van der Waals surface area (Å²) < 4.78 is 7.92. The van der Waals surface area contributed by atoms with Gasteiger partial charge >= 0.3 is 0 Å². The minimum atomic E-state index is 0.118. The number of fused-ring (bicyclic) bond motifs is 1. The van der Waals surface area contributed by atoms with Gasteiger partial charge in [0.2, 0.25) is 5.88 Å². The molecule has 1 aliphatic rings. The summed E-state index contributed by atoms with van der Waals surface area (Å²) in [5, 5.41) is 7.60. The SMILES string of the molecule is CC1(C)CNCCC1Oc1nccn2nccc12. The first-order valence-corrected chi connectivity index (χ1v) is 6.32. The molecule has 18 heavy (non-hydrogen) atoms. The average Bonchev–Trinajstić information content (AvgIpc) is 2.81. The maximum atomic E-state index is 6.13. The van der Waals surface area contributed by atoms with Crippen molar-refractivity contribution in [1.82, 2.24) is 19.9 Å². The lowest BCUT2D eigenvalue weighted by Gasteiger charge is -2.38. The third-order valence-corrected chi connectivity index (χ3v) is 3.58. The van der Waals surface area contributed by atoms with Crippen molar-refractivity contribution in [2.24, 2.45) is 5.41 Å². The molecule has 1 atom stereocenters. The molecule has 0 aromatic carbocycles. The molecule has 3 heterocycles. The number of nitrogens with one attached hydrogen (secondary N) is 1. The summed E-state index contributed by atoms with van der Waals surface area (Å²) in [7, 11) is 0. The third kappa shape index (κ3) is 1.95. The van der Waals surface area contributed by atoms with E-state index in [9.17, 15) is 0 Å². The Morgan fingerprint density at radius 2 is 2.33 bits per heavy atom. The van der Waals surface area contributed by atoms with E-state index in [1.54, 1.807) is 16.9 Å². The molecule has 1 unspecified atom stereocenters. The zero-order chi connectivity index (χ0) is 12.6. The first-order chi connectivity index (χ1) is 8.67. The first-order valence-electron chi connectivity index (χ1n) is 6.32. The van der Waals surface area contributed by atoms with Crippen LogP contribution in [0.25, 0.3) is 5.52 Å². The Bertz CT molecular complexity index is 549. The highest BCUT2D eigenvalue weighted by molar-refractivity contribution is 5.54. The van der Waals surface area contributed by atoms with Crippen LogP contribution >= 0.6 is 0 Å². The maximum Gasteiger partial charge on any atom is 0.240 e. The highest BCUT2D eigenvalue weighted by Crippen LogP contribution is 2.30. The van der Waals surface area contributed by atoms with Crippen molar-refractivity contribution in [3.63, 3.8) is 0 Å². The van der Waals surface area contributed by atoms with Gasteiger partial charge < -0.3 is 10.1 Å². The number of piperidine rings is 1. The molecule has 3 rings (SSSR count). The van der Waals surface area contributed by atoms with Crippen LogP contribution in [0.4, 0.5) is 0 Å². The van der Waals surface area contributed by atoms with Gasteiger partial charge in [-0.2, -0.15) is 5.10 Å². The summed E-state index contributed by atoms with van der Waals surface area (Å²) in [5.41, 5.74) is 1.04. The van der Waals surface area contributed by atoms with Gasteiger partial charge in [0.05, 0.1) is 6.20 Å². The van der Waals surface area contributed by atoms with Gasteiger partial charge in [-0.1, -0.05) is 13.8 Å². The summed E-state index contributed by atoms with van der Waals surface area (Å²) >= 11 is 0. The first kappa shape index (κ1) is 11.5. The maximum absolute atomic E-state index is 6.13. The van der Waals surface area contributed by atoms with Crippen LogP contribution in [0.5, 0.6) is 5.88 Å². The molecule has 0 spiro atoms. The standard InChI is InChI=1S/C13H18N4O/c1-13(2)9-14-5-4-11(13)18-12-10-3-6-16-17(10)8-7-15-12/h3,6-8,11,14H,4-5,9H2,1-2H3. The van der Waals surface area contributed by atoms with Crippen LogP contribution in [0.15, 0.2) is 24.7 Å². The Labute approximate surface area is 106 Å². The van der Waals surface area contributed by atoms with Gasteiger partial charge in [0.15, 0.2) is 0 Å². The van der Waals surface area contributed by atoms with E-state index in [1.807, 2.05) is 12.3 Å². The molecule has 1 aliphatic heterocycles. The zero-order valence-electron chi connectivity index (χ0n) is 10.8. The minimum Gasteiger partial charge on any atom is -0.472 e. The number of nitrogens with zero attached hydrogens (tertiary/aromatic N) is 3. The minimum absolute atomic E-state index is 0.118. The van der Waals surface area contributed by atoms with Crippen LogP contribution in [0.2, 0.25) is 0 Å². The van der Waals surface area contributed by atoms with E-state index in [2.05, 4.69) is 29.2 Å². The van der Waals surface area contributed by atoms with Crippen LogP contribution in [0.3, 0.4) is 0 Å². The lowest BCUT2D eigenvalue weighted by molar-refractivity contribution is 0.0424. The number of aromatic nitrogens is 3. The molecule has 96 valence electrons. The van der Waals surface area contributed by atoms with Crippen molar-refractivity contribution in [1.29, 1.82) is 0 Å². The van der Waals surface area contributed by atoms with Crippen LogP contribution < -0.4 is 10.1 Å². The third-order valence-electron chi connectivity index (χ3n) is 3.58. The van der Waals surface area contributed by atoms with Crippen LogP contribution in [-0.2, 0) is 0 Å². The van der Waals surface area contributed by atoms with Crippen LogP contribution in [-0.4, -0.2) is 33.8 Å². The number of ether oxygens (including phenoxy) is 1. The van der Waals surface area contributed by atoms with Crippen molar-refractivity contribution < 1.29 is 4.74 Å². The second kappa shape index (κ2) is 4.24. The summed E-state index contributed by atoms with van der Waals surface area (Å²) in [6.07, 6.45) is 6.51. The van der Waals surface area contributed by atoms with E-state index < -0.39 is 0 Å². The van der Waals surface area contributed by atoms with Crippen LogP contribution in [0.1, 0.15) is 20.3 Å². The molecule has 1 N–H and O–H groups in total. The molecular formula is C13H18N4O. The summed E-state index contributed by atoms with van der Waals surface area (Å²) in [6.45, 7) is 6.41. The normalized spacial score (nSPS) is 23.1. The predicted molar refractivity (Wildman–Crippen MR) is 68.7 cm³/mol. The van der Waals surface area contributed by atoms with E-state index in [4.69, 9.17) is 4.74 Å². The van der Waals surface area contributed by atoms with Gasteiger partial charge in [-0.3, -0.25) is 0 Å². The van der Waals surface area contributed by atoms with Gasteiger partial charge in [-0.25, -0.2) is 9.50 Å². The van der Waals surface area contributed by atoms with E-state index in [0.717, 1.165) is 25.0 Å². The fourth-order valence-corrected chi connectivity index (χ4v) is 2.42. The molecule has 5 heteroatoms. The molecule has 5 nitrogen and oxygen atoms in total. The summed E-state index contributed by atoms with van der Waals surface area (Å²) in [4.78, 5) is 4.34. The zero-order valence-corrected chi connectivity index (χ0v) is 10.8. The van der Waals surface area contributed by atoms with E-state index >= 15 is 0 Å². The van der Waals surface area contributed by atoms with Crippen molar-refractivity contribution in [3.8, 4) is 5.88 Å². The van der Waals surface area contributed by atoms with Gasteiger partial charge in [-0.15, -0.1) is 0 Å². The molecule has 2 aromatic heterocycles. The predicted octanol–water partition coefficient (Wildman–Crippen LogP) is 1.50. The van der Waals surface area contributed by atoms with Crippen molar-refractivity contribution in [3.05, 3.63) is 24.7 Å². The van der Waals surface area contributed by atoms with Crippen molar-refractivity contribution in [2.75, 3.05) is 13.1 Å². The van der Waals surface area contributed by atoms with E-state index in [-0.39, 0.29) is 11.5 Å². The summed E-state index contributed by atoms with van der Waals surface area (Å²) in [5.74, 6) is 0.676. The number of hydrogen-bond donors (Lipinski definition) is 1. The highest BCUT2D eigenvalue weighted by Gasteiger charge is 2.34. The molecular weight excluding hydrogens is 228 g/mol. The van der Waals surface area contributed by atoms with Crippen molar-refractivity contribution >= 4 is 5.52 Å². The fraction of sp³-hybridized carbons (Fsp3) is 0.538. The molecule has 0 bridgehead atoms. The van der Waals surface area contributed by atoms with Crippen molar-refractivity contribution in [2.45, 2.75) is 26.4 Å². The Hall–Kier alpha value is -1.62. The quantitative estimate of drug-likeness (QED) is 0.872. The molecule has 1 saturated heterocycles. The largest absolute Gasteiger partial charge is 0.472 e. The highest BCUT2D eigenvalue weighted by atomic mass is 16.5. The molecule has 0 aliphatic carbocycles. The van der Waals surface area contributed by atoms with E-state index in [0.29, 0.717) is 5.88 Å². The van der Waals surface area contributed by atoms with Crippen LogP contribution in [0, 0.1) is 5.41 Å². The van der Waals surface area contributed by atoms with Gasteiger partial charge in [0.1, 0.15) is 11.6 Å². The summed E-state index contributed by atoms with van der Waals surface area (Å²) in [6, 6.07) is 1.93. The Morgan fingerprint density at radius 3 is 3.17 bits per heavy atom. The van der Waals surface area contributed by atoms with Gasteiger partial charge in [-0.05, 0) is 19.0 Å². The van der Waals surface area contributed by atoms with E-state index in [1.165, 1.54) is 0 Å². The molecule has 0 radical (unpaired) electrons. The smallest absolute Gasteiger partial charge is 0.240 e. The Morgan fingerprint density at radius 1 is 1.44 bits per heavy atom. The topological polar surface area (TPSA) is 51.5 Å². The molecule has 0 amide bonds. The molecule has 2 aromatic rings. The monoisotopic (exact) mass is 246 g/mol. The second-order valence-electron chi connectivity index (χ2n) is 5.45. The lowest BCUT2D eigenvalue weighted by Crippen LogP contribution is -2.49. The second-order valence-corrected chi connectivity index (χ2v) is 5.45. The molecule has 1 fully saturated rings.